The Morgan fingerprint density at radius 2 is 1.88 bits per heavy atom. The molecule has 1 aliphatic carbocycles. The van der Waals surface area contributed by atoms with Gasteiger partial charge < -0.3 is 0 Å². The fourth-order valence-electron chi connectivity index (χ4n) is 3.00. The highest BCUT2D eigenvalue weighted by Crippen LogP contribution is 2.39. The van der Waals surface area contributed by atoms with Gasteiger partial charge in [-0.15, -0.1) is 0 Å². The Kier molecular flexibility index (Phi) is 3.45. The second kappa shape index (κ2) is 5.44. The number of hydrogen-bond acceptors (Lipinski definition) is 2. The van der Waals surface area contributed by atoms with E-state index in [1.54, 1.807) is 13.0 Å². The van der Waals surface area contributed by atoms with Crippen LogP contribution in [0.15, 0.2) is 47.3 Å². The van der Waals surface area contributed by atoms with E-state index >= 15 is 0 Å². The number of rotatable bonds is 2. The summed E-state index contributed by atoms with van der Waals surface area (Å²) >= 11 is 0. The fourth-order valence-corrected chi connectivity index (χ4v) is 3.00. The lowest BCUT2D eigenvalue weighted by atomic mass is 10.1. The molecule has 1 saturated carbocycles. The van der Waals surface area contributed by atoms with E-state index in [0.29, 0.717) is 17.1 Å². The van der Waals surface area contributed by atoms with Crippen LogP contribution < -0.4 is 5.56 Å². The first-order valence-electron chi connectivity index (χ1n) is 8.05. The fraction of sp³-hybridized carbons (Fsp3) is 0.263. The van der Waals surface area contributed by atoms with E-state index in [4.69, 9.17) is 0 Å². The van der Waals surface area contributed by atoms with Crippen molar-refractivity contribution in [1.29, 1.82) is 0 Å². The monoisotopic (exact) mass is 344 g/mol. The summed E-state index contributed by atoms with van der Waals surface area (Å²) in [5.74, 6) is 0.385. The van der Waals surface area contributed by atoms with Gasteiger partial charge in [0, 0.05) is 22.6 Å². The number of alkyl halides is 3. The van der Waals surface area contributed by atoms with Crippen LogP contribution in [0.25, 0.3) is 16.7 Å². The van der Waals surface area contributed by atoms with Gasteiger partial charge in [-0.3, -0.25) is 9.36 Å². The van der Waals surface area contributed by atoms with Crippen LogP contribution in [0.1, 0.15) is 35.6 Å². The second-order valence-electron chi connectivity index (χ2n) is 6.44. The van der Waals surface area contributed by atoms with Crippen molar-refractivity contribution in [2.75, 3.05) is 0 Å². The quantitative estimate of drug-likeness (QED) is 0.681. The summed E-state index contributed by atoms with van der Waals surface area (Å²) in [6, 6.07) is 10.3. The zero-order valence-electron chi connectivity index (χ0n) is 13.5. The van der Waals surface area contributed by atoms with Crippen molar-refractivity contribution in [1.82, 2.24) is 9.55 Å². The van der Waals surface area contributed by atoms with Crippen molar-refractivity contribution in [2.45, 2.75) is 31.9 Å². The summed E-state index contributed by atoms with van der Waals surface area (Å²) in [6.07, 6.45) is -2.36. The van der Waals surface area contributed by atoms with Gasteiger partial charge in [-0.2, -0.15) is 13.2 Å². The molecule has 0 atom stereocenters. The maximum Gasteiger partial charge on any atom is 0.416 e. The molecular formula is C19H15F3N2O. The Balaban J connectivity index is 2.01. The molecule has 0 unspecified atom stereocenters. The number of pyridine rings is 2. The van der Waals surface area contributed by atoms with E-state index in [1.165, 1.54) is 16.7 Å². The summed E-state index contributed by atoms with van der Waals surface area (Å²) in [6.45, 7) is 1.65. The number of aromatic nitrogens is 2. The molecule has 4 rings (SSSR count). The molecule has 0 spiro atoms. The molecule has 0 bridgehead atoms. The van der Waals surface area contributed by atoms with Crippen LogP contribution in [0.4, 0.5) is 13.2 Å². The predicted molar refractivity (Wildman–Crippen MR) is 89.1 cm³/mol. The van der Waals surface area contributed by atoms with Crippen LogP contribution in [0.2, 0.25) is 0 Å². The van der Waals surface area contributed by atoms with Crippen molar-refractivity contribution in [2.24, 2.45) is 0 Å². The van der Waals surface area contributed by atoms with Gasteiger partial charge in [0.05, 0.1) is 11.3 Å². The van der Waals surface area contributed by atoms with Gasteiger partial charge in [-0.05, 0) is 56.2 Å². The minimum absolute atomic E-state index is 0.175. The van der Waals surface area contributed by atoms with Crippen LogP contribution in [0.3, 0.4) is 0 Å². The summed E-state index contributed by atoms with van der Waals surface area (Å²) in [4.78, 5) is 17.3. The highest BCUT2D eigenvalue weighted by molar-refractivity contribution is 5.78. The molecule has 0 N–H and O–H groups in total. The van der Waals surface area contributed by atoms with Crippen molar-refractivity contribution in [3.8, 4) is 5.69 Å². The van der Waals surface area contributed by atoms with Gasteiger partial charge in [0.25, 0.3) is 5.56 Å². The third kappa shape index (κ3) is 2.81. The summed E-state index contributed by atoms with van der Waals surface area (Å²) < 4.78 is 40.4. The highest BCUT2D eigenvalue weighted by Gasteiger charge is 2.31. The van der Waals surface area contributed by atoms with Crippen LogP contribution >= 0.6 is 0 Å². The maximum atomic E-state index is 13.1. The van der Waals surface area contributed by atoms with Crippen LogP contribution in [-0.4, -0.2) is 9.55 Å². The first-order chi connectivity index (χ1) is 11.8. The van der Waals surface area contributed by atoms with E-state index in [-0.39, 0.29) is 11.2 Å². The number of hydrogen-bond donors (Lipinski definition) is 0. The molecular weight excluding hydrogens is 329 g/mol. The normalized spacial score (nSPS) is 14.9. The highest BCUT2D eigenvalue weighted by atomic mass is 19.4. The summed E-state index contributed by atoms with van der Waals surface area (Å²) in [7, 11) is 0. The SMILES string of the molecule is Cc1cc2ccc(C3CC3)nc2n(-c2cccc(C(F)(F)F)c2)c1=O. The summed E-state index contributed by atoms with van der Waals surface area (Å²) in [5.41, 5.74) is 0.785. The smallest absolute Gasteiger partial charge is 0.269 e. The maximum absolute atomic E-state index is 13.1. The molecule has 0 saturated heterocycles. The lowest BCUT2D eigenvalue weighted by Gasteiger charge is -2.14. The third-order valence-corrected chi connectivity index (χ3v) is 4.48. The first kappa shape index (κ1) is 15.9. The molecule has 25 heavy (non-hydrogen) atoms. The van der Waals surface area contributed by atoms with E-state index in [1.807, 2.05) is 12.1 Å². The van der Waals surface area contributed by atoms with Crippen LogP contribution in [0, 0.1) is 6.92 Å². The van der Waals surface area contributed by atoms with E-state index in [9.17, 15) is 18.0 Å². The lowest BCUT2D eigenvalue weighted by Crippen LogP contribution is -2.22. The summed E-state index contributed by atoms with van der Waals surface area (Å²) in [5, 5.41) is 0.735. The van der Waals surface area contributed by atoms with Gasteiger partial charge in [0.1, 0.15) is 5.65 Å². The Bertz CT molecular complexity index is 1030. The Morgan fingerprint density at radius 3 is 2.56 bits per heavy atom. The molecule has 0 aliphatic heterocycles. The molecule has 1 fully saturated rings. The molecule has 0 radical (unpaired) electrons. The average molecular weight is 344 g/mol. The first-order valence-corrected chi connectivity index (χ1v) is 8.05. The predicted octanol–water partition coefficient (Wildman–Crippen LogP) is 4.59. The standard InChI is InChI=1S/C19H15F3N2O/c1-11-9-13-7-8-16(12-5-6-12)23-17(13)24(18(11)25)15-4-2-3-14(10-15)19(20,21)22/h2-4,7-10,12H,5-6H2,1H3. The van der Waals surface area contributed by atoms with Crippen molar-refractivity contribution < 1.29 is 13.2 Å². The molecule has 2 heterocycles. The van der Waals surface area contributed by atoms with Crippen LogP contribution in [-0.2, 0) is 6.18 Å². The lowest BCUT2D eigenvalue weighted by molar-refractivity contribution is -0.137. The molecule has 1 aliphatic rings. The topological polar surface area (TPSA) is 34.9 Å². The van der Waals surface area contributed by atoms with E-state index in [0.717, 1.165) is 36.1 Å². The average Bonchev–Trinajstić information content (AvgIpc) is 3.40. The van der Waals surface area contributed by atoms with Gasteiger partial charge in [0.15, 0.2) is 0 Å². The van der Waals surface area contributed by atoms with Gasteiger partial charge in [0.2, 0.25) is 0 Å². The zero-order valence-corrected chi connectivity index (χ0v) is 13.5. The Morgan fingerprint density at radius 1 is 1.12 bits per heavy atom. The molecule has 1 aromatic carbocycles. The largest absolute Gasteiger partial charge is 0.416 e. The Hall–Kier alpha value is -2.63. The zero-order chi connectivity index (χ0) is 17.8. The van der Waals surface area contributed by atoms with Gasteiger partial charge in [-0.1, -0.05) is 6.07 Å². The minimum Gasteiger partial charge on any atom is -0.269 e. The van der Waals surface area contributed by atoms with Crippen LogP contribution in [0.5, 0.6) is 0 Å². The van der Waals surface area contributed by atoms with E-state index in [2.05, 4.69) is 4.98 Å². The molecule has 3 nitrogen and oxygen atoms in total. The second-order valence-corrected chi connectivity index (χ2v) is 6.44. The van der Waals surface area contributed by atoms with Gasteiger partial charge >= 0.3 is 6.18 Å². The van der Waals surface area contributed by atoms with Crippen molar-refractivity contribution >= 4 is 11.0 Å². The number of benzene rings is 1. The Labute approximate surface area is 141 Å². The molecule has 2 aromatic heterocycles. The number of nitrogens with zero attached hydrogens (tertiary/aromatic N) is 2. The third-order valence-electron chi connectivity index (χ3n) is 4.48. The number of halogens is 3. The van der Waals surface area contributed by atoms with E-state index < -0.39 is 11.7 Å². The van der Waals surface area contributed by atoms with Gasteiger partial charge in [-0.25, -0.2) is 4.98 Å². The number of fused-ring (bicyclic) bond motifs is 1. The van der Waals surface area contributed by atoms with Crippen molar-refractivity contribution in [3.63, 3.8) is 0 Å². The molecule has 128 valence electrons. The van der Waals surface area contributed by atoms with Crippen molar-refractivity contribution in [3.05, 3.63) is 69.6 Å². The molecule has 0 amide bonds. The number of aryl methyl sites for hydroxylation is 1. The molecule has 3 aromatic rings. The minimum atomic E-state index is -4.47. The molecule has 6 heteroatoms.